The van der Waals surface area contributed by atoms with Gasteiger partial charge >= 0.3 is 12.1 Å². The molecule has 0 saturated heterocycles. The summed E-state index contributed by atoms with van der Waals surface area (Å²) < 4.78 is 45.7. The normalized spacial score (nSPS) is 11.7. The average molecular weight is 412 g/mol. The maximum Gasteiger partial charge on any atom is 0.416 e. The summed E-state index contributed by atoms with van der Waals surface area (Å²) in [7, 11) is 1.31. The molecule has 0 spiro atoms. The molecule has 25 heavy (non-hydrogen) atoms. The molecule has 3 rings (SSSR count). The van der Waals surface area contributed by atoms with Crippen LogP contribution in [0.25, 0.3) is 10.9 Å². The molecule has 3 nitrogen and oxygen atoms in total. The minimum Gasteiger partial charge on any atom is -0.465 e. The molecule has 0 aliphatic heterocycles. The summed E-state index contributed by atoms with van der Waals surface area (Å²) in [4.78, 5) is 11.6. The highest BCUT2D eigenvalue weighted by Gasteiger charge is 2.31. The maximum absolute atomic E-state index is 12.9. The topological polar surface area (TPSA) is 31.2 Å². The number of alkyl halides is 3. The molecule has 0 radical (unpaired) electrons. The Morgan fingerprint density at radius 1 is 1.20 bits per heavy atom. The third-order valence-corrected chi connectivity index (χ3v) is 4.45. The summed E-state index contributed by atoms with van der Waals surface area (Å²) in [6.45, 7) is 0.415. The first-order chi connectivity index (χ1) is 11.8. The second-order valence-corrected chi connectivity index (χ2v) is 6.38. The Morgan fingerprint density at radius 2 is 1.96 bits per heavy atom. The molecule has 0 fully saturated rings. The molecule has 3 aromatic rings. The zero-order valence-corrected chi connectivity index (χ0v) is 14.7. The average Bonchev–Trinajstić information content (AvgIpc) is 2.97. The van der Waals surface area contributed by atoms with Gasteiger partial charge in [-0.15, -0.1) is 0 Å². The van der Waals surface area contributed by atoms with Gasteiger partial charge < -0.3 is 9.30 Å². The molecule has 130 valence electrons. The molecule has 2 aromatic carbocycles. The van der Waals surface area contributed by atoms with Crippen LogP contribution >= 0.6 is 15.9 Å². The van der Waals surface area contributed by atoms with Crippen molar-refractivity contribution in [3.8, 4) is 0 Å². The zero-order chi connectivity index (χ0) is 18.2. The van der Waals surface area contributed by atoms with E-state index in [4.69, 9.17) is 4.74 Å². The van der Waals surface area contributed by atoms with Gasteiger partial charge in [-0.2, -0.15) is 13.2 Å². The van der Waals surface area contributed by atoms with Crippen molar-refractivity contribution in [3.63, 3.8) is 0 Å². The standard InChI is InChI=1S/C18H13BrF3NO2/c1-25-17(24)13-4-2-3-11(7-13)10-23-6-5-12-8-14(18(20,21)22)9-15(19)16(12)23/h2-9H,10H2,1H3. The summed E-state index contributed by atoms with van der Waals surface area (Å²) in [5.74, 6) is -0.435. The number of hydrogen-bond donors (Lipinski definition) is 0. The van der Waals surface area contributed by atoms with Crippen LogP contribution in [0.1, 0.15) is 21.5 Å². The number of carbonyl (C=O) groups excluding carboxylic acids is 1. The summed E-state index contributed by atoms with van der Waals surface area (Å²) >= 11 is 3.24. The predicted molar refractivity (Wildman–Crippen MR) is 91.5 cm³/mol. The fourth-order valence-electron chi connectivity index (χ4n) is 2.70. The second-order valence-electron chi connectivity index (χ2n) is 5.53. The highest BCUT2D eigenvalue weighted by molar-refractivity contribution is 9.10. The Balaban J connectivity index is 1.99. The Bertz CT molecular complexity index is 947. The number of benzene rings is 2. The highest BCUT2D eigenvalue weighted by atomic mass is 79.9. The molecular weight excluding hydrogens is 399 g/mol. The van der Waals surface area contributed by atoms with Crippen molar-refractivity contribution < 1.29 is 22.7 Å². The van der Waals surface area contributed by atoms with Crippen molar-refractivity contribution in [1.29, 1.82) is 0 Å². The lowest BCUT2D eigenvalue weighted by molar-refractivity contribution is -0.137. The number of methoxy groups -OCH3 is 1. The lowest BCUT2D eigenvalue weighted by atomic mass is 10.1. The van der Waals surface area contributed by atoms with Crippen LogP contribution in [0.4, 0.5) is 13.2 Å². The van der Waals surface area contributed by atoms with E-state index in [-0.39, 0.29) is 0 Å². The number of ether oxygens (including phenoxy) is 1. The fourth-order valence-corrected chi connectivity index (χ4v) is 3.41. The smallest absolute Gasteiger partial charge is 0.416 e. The number of hydrogen-bond acceptors (Lipinski definition) is 2. The zero-order valence-electron chi connectivity index (χ0n) is 13.1. The summed E-state index contributed by atoms with van der Waals surface area (Å²) in [5.41, 5.74) is 1.23. The first kappa shape index (κ1) is 17.5. The van der Waals surface area contributed by atoms with Crippen LogP contribution in [0.15, 0.2) is 53.1 Å². The van der Waals surface area contributed by atoms with E-state index in [2.05, 4.69) is 15.9 Å². The van der Waals surface area contributed by atoms with Crippen molar-refractivity contribution in [2.75, 3.05) is 7.11 Å². The Hall–Kier alpha value is -2.28. The number of rotatable bonds is 3. The second kappa shape index (κ2) is 6.55. The van der Waals surface area contributed by atoms with Crippen molar-refractivity contribution in [3.05, 3.63) is 69.8 Å². The molecule has 0 bridgehead atoms. The van der Waals surface area contributed by atoms with Gasteiger partial charge in [0.05, 0.1) is 23.8 Å². The molecule has 0 atom stereocenters. The van der Waals surface area contributed by atoms with Crippen LogP contribution in [0, 0.1) is 0 Å². The predicted octanol–water partition coefficient (Wildman–Crippen LogP) is 5.26. The van der Waals surface area contributed by atoms with Gasteiger partial charge in [0, 0.05) is 22.6 Å². The van der Waals surface area contributed by atoms with Gasteiger partial charge in [-0.25, -0.2) is 4.79 Å². The van der Waals surface area contributed by atoms with E-state index in [1.54, 1.807) is 30.5 Å². The van der Waals surface area contributed by atoms with Gasteiger partial charge in [-0.3, -0.25) is 0 Å². The van der Waals surface area contributed by atoms with Crippen molar-refractivity contribution >= 4 is 32.8 Å². The first-order valence-corrected chi connectivity index (χ1v) is 8.12. The van der Waals surface area contributed by atoms with Crippen LogP contribution in [-0.4, -0.2) is 17.6 Å². The quantitative estimate of drug-likeness (QED) is 0.550. The molecule has 1 heterocycles. The number of nitrogens with zero attached hydrogens (tertiary/aromatic N) is 1. The number of carbonyl (C=O) groups is 1. The Kier molecular flexibility index (Phi) is 4.60. The van der Waals surface area contributed by atoms with Gasteiger partial charge in [0.15, 0.2) is 0 Å². The number of halogens is 4. The number of aromatic nitrogens is 1. The van der Waals surface area contributed by atoms with E-state index >= 15 is 0 Å². The van der Waals surface area contributed by atoms with Gasteiger partial charge in [0.1, 0.15) is 0 Å². The molecule has 0 unspecified atom stereocenters. The highest BCUT2D eigenvalue weighted by Crippen LogP contribution is 2.35. The van der Waals surface area contributed by atoms with E-state index in [1.165, 1.54) is 7.11 Å². The monoisotopic (exact) mass is 411 g/mol. The number of fused-ring (bicyclic) bond motifs is 1. The summed E-state index contributed by atoms with van der Waals surface area (Å²) in [5, 5.41) is 0.492. The largest absolute Gasteiger partial charge is 0.465 e. The van der Waals surface area contributed by atoms with Crippen molar-refractivity contribution in [2.24, 2.45) is 0 Å². The molecule has 1 aromatic heterocycles. The van der Waals surface area contributed by atoms with E-state index in [1.807, 2.05) is 10.6 Å². The van der Waals surface area contributed by atoms with Gasteiger partial charge in [0.25, 0.3) is 0 Å². The minimum absolute atomic E-state index is 0.367. The SMILES string of the molecule is COC(=O)c1cccc(Cn2ccc3cc(C(F)(F)F)cc(Br)c32)c1. The Labute approximate surface area is 150 Å². The van der Waals surface area contributed by atoms with Crippen molar-refractivity contribution in [1.82, 2.24) is 4.57 Å². The van der Waals surface area contributed by atoms with E-state index in [9.17, 15) is 18.0 Å². The number of esters is 1. The van der Waals surface area contributed by atoms with Gasteiger partial charge in [0.2, 0.25) is 0 Å². The minimum atomic E-state index is -4.40. The fraction of sp³-hybridized carbons (Fsp3) is 0.167. The Morgan fingerprint density at radius 3 is 2.64 bits per heavy atom. The third-order valence-electron chi connectivity index (χ3n) is 3.84. The van der Waals surface area contributed by atoms with Crippen LogP contribution in [0.2, 0.25) is 0 Å². The van der Waals surface area contributed by atoms with Crippen LogP contribution in [-0.2, 0) is 17.5 Å². The molecule has 0 aliphatic rings. The molecule has 0 aliphatic carbocycles. The lowest BCUT2D eigenvalue weighted by Crippen LogP contribution is -2.06. The van der Waals surface area contributed by atoms with Gasteiger partial charge in [-0.1, -0.05) is 12.1 Å². The third kappa shape index (κ3) is 3.56. The van der Waals surface area contributed by atoms with E-state index in [0.29, 0.717) is 27.5 Å². The maximum atomic E-state index is 12.9. The summed E-state index contributed by atoms with van der Waals surface area (Å²) in [6.07, 6.45) is -2.67. The summed E-state index contributed by atoms with van der Waals surface area (Å²) in [6, 6.07) is 10.8. The molecule has 0 saturated carbocycles. The van der Waals surface area contributed by atoms with Crippen LogP contribution < -0.4 is 0 Å². The molecular formula is C18H13BrF3NO2. The van der Waals surface area contributed by atoms with E-state index in [0.717, 1.165) is 17.7 Å². The van der Waals surface area contributed by atoms with Crippen LogP contribution in [0.3, 0.4) is 0 Å². The lowest BCUT2D eigenvalue weighted by Gasteiger charge is -2.11. The van der Waals surface area contributed by atoms with Gasteiger partial charge in [-0.05, 0) is 51.8 Å². The molecule has 0 N–H and O–H groups in total. The molecule has 0 amide bonds. The van der Waals surface area contributed by atoms with Crippen molar-refractivity contribution in [2.45, 2.75) is 12.7 Å². The van der Waals surface area contributed by atoms with E-state index < -0.39 is 17.7 Å². The first-order valence-electron chi connectivity index (χ1n) is 7.32. The van der Waals surface area contributed by atoms with Crippen LogP contribution in [0.5, 0.6) is 0 Å². The molecule has 7 heteroatoms.